The average Bonchev–Trinajstić information content (AvgIpc) is 2.82. The Hall–Kier alpha value is -1.68. The van der Waals surface area contributed by atoms with E-state index in [9.17, 15) is 0 Å². The Labute approximate surface area is 114 Å². The fraction of sp³-hybridized carbons (Fsp3) is 0.467. The van der Waals surface area contributed by atoms with Crippen LogP contribution in [0.15, 0.2) is 30.6 Å². The summed E-state index contributed by atoms with van der Waals surface area (Å²) in [5, 5.41) is 7.86. The molecule has 2 rings (SSSR count). The highest BCUT2D eigenvalue weighted by Gasteiger charge is 2.08. The summed E-state index contributed by atoms with van der Waals surface area (Å²) in [5.41, 5.74) is 2.65. The molecule has 0 fully saturated rings. The van der Waals surface area contributed by atoms with Gasteiger partial charge in [-0.15, -0.1) is 0 Å². The van der Waals surface area contributed by atoms with Gasteiger partial charge < -0.3 is 5.32 Å². The van der Waals surface area contributed by atoms with Crippen molar-refractivity contribution in [3.8, 4) is 0 Å². The summed E-state index contributed by atoms with van der Waals surface area (Å²) in [6, 6.07) is 9.15. The molecule has 1 atom stereocenters. The number of hydrogen-bond donors (Lipinski definition) is 1. The van der Waals surface area contributed by atoms with Gasteiger partial charge in [0.05, 0.1) is 0 Å². The maximum absolute atomic E-state index is 4.28. The second-order valence-corrected chi connectivity index (χ2v) is 4.91. The second-order valence-electron chi connectivity index (χ2n) is 4.91. The quantitative estimate of drug-likeness (QED) is 0.865. The Morgan fingerprint density at radius 1 is 1.26 bits per heavy atom. The van der Waals surface area contributed by atoms with Crippen LogP contribution in [-0.4, -0.2) is 21.3 Å². The lowest BCUT2D eigenvalue weighted by Gasteiger charge is -2.17. The van der Waals surface area contributed by atoms with Crippen LogP contribution in [0.2, 0.25) is 0 Å². The number of nitrogens with one attached hydrogen (secondary N) is 1. The standard InChI is InChI=1S/C15H22N4/c1-4-14(13-7-5-12(2)6-8-13)16-10-9-15-17-11-19(3)18-15/h5-8,11,14,16H,4,9-10H2,1-3H3. The molecule has 2 aromatic rings. The fourth-order valence-electron chi connectivity index (χ4n) is 2.15. The largest absolute Gasteiger partial charge is 0.310 e. The molecule has 1 heterocycles. The van der Waals surface area contributed by atoms with Crippen LogP contribution in [0.25, 0.3) is 0 Å². The maximum atomic E-state index is 4.28. The zero-order chi connectivity index (χ0) is 13.7. The van der Waals surface area contributed by atoms with Crippen LogP contribution < -0.4 is 5.32 Å². The predicted molar refractivity (Wildman–Crippen MR) is 76.9 cm³/mol. The van der Waals surface area contributed by atoms with Crippen molar-refractivity contribution in [2.45, 2.75) is 32.7 Å². The molecule has 4 nitrogen and oxygen atoms in total. The van der Waals surface area contributed by atoms with Crippen LogP contribution in [0.1, 0.15) is 36.3 Å². The molecule has 0 saturated heterocycles. The highest BCUT2D eigenvalue weighted by Crippen LogP contribution is 2.16. The molecule has 0 radical (unpaired) electrons. The first-order chi connectivity index (χ1) is 9.19. The highest BCUT2D eigenvalue weighted by molar-refractivity contribution is 5.24. The van der Waals surface area contributed by atoms with Crippen molar-refractivity contribution in [1.82, 2.24) is 20.1 Å². The molecule has 4 heteroatoms. The summed E-state index contributed by atoms with van der Waals surface area (Å²) in [5.74, 6) is 0.897. The lowest BCUT2D eigenvalue weighted by molar-refractivity contribution is 0.518. The zero-order valence-corrected chi connectivity index (χ0v) is 11.9. The van der Waals surface area contributed by atoms with Crippen molar-refractivity contribution in [2.75, 3.05) is 6.54 Å². The molecular formula is C15H22N4. The van der Waals surface area contributed by atoms with Gasteiger partial charge >= 0.3 is 0 Å². The van der Waals surface area contributed by atoms with E-state index in [4.69, 9.17) is 0 Å². The third kappa shape index (κ3) is 3.89. The van der Waals surface area contributed by atoms with Crippen molar-refractivity contribution >= 4 is 0 Å². The number of rotatable bonds is 6. The molecule has 0 bridgehead atoms. The van der Waals surface area contributed by atoms with E-state index in [-0.39, 0.29) is 0 Å². The SMILES string of the molecule is CCC(NCCc1ncn(C)n1)c1ccc(C)cc1. The van der Waals surface area contributed by atoms with Crippen molar-refractivity contribution in [2.24, 2.45) is 7.05 Å². The van der Waals surface area contributed by atoms with Gasteiger partial charge in [-0.05, 0) is 18.9 Å². The number of aromatic nitrogens is 3. The fourth-order valence-corrected chi connectivity index (χ4v) is 2.15. The van der Waals surface area contributed by atoms with E-state index in [1.807, 2.05) is 7.05 Å². The van der Waals surface area contributed by atoms with Crippen LogP contribution in [0.5, 0.6) is 0 Å². The normalized spacial score (nSPS) is 12.6. The number of nitrogens with zero attached hydrogens (tertiary/aromatic N) is 3. The van der Waals surface area contributed by atoms with Gasteiger partial charge in [0.1, 0.15) is 6.33 Å². The van der Waals surface area contributed by atoms with Crippen molar-refractivity contribution in [3.05, 3.63) is 47.5 Å². The molecule has 0 saturated carbocycles. The van der Waals surface area contributed by atoms with Gasteiger partial charge in [-0.2, -0.15) is 5.10 Å². The minimum absolute atomic E-state index is 0.407. The molecule has 1 aromatic heterocycles. The first-order valence-corrected chi connectivity index (χ1v) is 6.83. The van der Waals surface area contributed by atoms with Gasteiger partial charge in [0.2, 0.25) is 0 Å². The molecule has 19 heavy (non-hydrogen) atoms. The monoisotopic (exact) mass is 258 g/mol. The van der Waals surface area contributed by atoms with E-state index in [0.717, 1.165) is 25.2 Å². The van der Waals surface area contributed by atoms with Crippen LogP contribution in [0.3, 0.4) is 0 Å². The van der Waals surface area contributed by atoms with E-state index in [2.05, 4.69) is 53.5 Å². The first kappa shape index (κ1) is 13.7. The van der Waals surface area contributed by atoms with Crippen LogP contribution in [0, 0.1) is 6.92 Å². The minimum Gasteiger partial charge on any atom is -0.310 e. The van der Waals surface area contributed by atoms with Gasteiger partial charge in [-0.25, -0.2) is 4.98 Å². The summed E-state index contributed by atoms with van der Waals surface area (Å²) in [6.45, 7) is 5.22. The van der Waals surface area contributed by atoms with Crippen LogP contribution >= 0.6 is 0 Å². The molecule has 0 amide bonds. The molecular weight excluding hydrogens is 236 g/mol. The maximum Gasteiger partial charge on any atom is 0.151 e. The first-order valence-electron chi connectivity index (χ1n) is 6.83. The molecule has 0 aliphatic carbocycles. The summed E-state index contributed by atoms with van der Waals surface area (Å²) >= 11 is 0. The van der Waals surface area contributed by atoms with Crippen molar-refractivity contribution < 1.29 is 0 Å². The predicted octanol–water partition coefficient (Wildman–Crippen LogP) is 2.41. The Morgan fingerprint density at radius 2 is 2.00 bits per heavy atom. The summed E-state index contributed by atoms with van der Waals surface area (Å²) in [4.78, 5) is 4.23. The average molecular weight is 258 g/mol. The smallest absolute Gasteiger partial charge is 0.151 e. The van der Waals surface area contributed by atoms with E-state index < -0.39 is 0 Å². The van der Waals surface area contributed by atoms with Crippen molar-refractivity contribution in [3.63, 3.8) is 0 Å². The van der Waals surface area contributed by atoms with Gasteiger partial charge in [-0.1, -0.05) is 36.8 Å². The van der Waals surface area contributed by atoms with E-state index >= 15 is 0 Å². The Bertz CT molecular complexity index is 501. The van der Waals surface area contributed by atoms with Crippen molar-refractivity contribution in [1.29, 1.82) is 0 Å². The Morgan fingerprint density at radius 3 is 2.58 bits per heavy atom. The topological polar surface area (TPSA) is 42.7 Å². The molecule has 1 N–H and O–H groups in total. The molecule has 0 aliphatic rings. The lowest BCUT2D eigenvalue weighted by atomic mass is 10.0. The Kier molecular flexibility index (Phi) is 4.68. The Balaban J connectivity index is 1.87. The molecule has 1 unspecified atom stereocenters. The van der Waals surface area contributed by atoms with E-state index in [0.29, 0.717) is 6.04 Å². The molecule has 0 spiro atoms. The van der Waals surface area contributed by atoms with E-state index in [1.54, 1.807) is 11.0 Å². The van der Waals surface area contributed by atoms with Crippen LogP contribution in [0.4, 0.5) is 0 Å². The molecule has 102 valence electrons. The highest BCUT2D eigenvalue weighted by atomic mass is 15.3. The molecule has 0 aliphatic heterocycles. The number of hydrogen-bond acceptors (Lipinski definition) is 3. The summed E-state index contributed by atoms with van der Waals surface area (Å²) in [7, 11) is 1.89. The third-order valence-corrected chi connectivity index (χ3v) is 3.27. The van der Waals surface area contributed by atoms with E-state index in [1.165, 1.54) is 11.1 Å². The third-order valence-electron chi connectivity index (χ3n) is 3.27. The summed E-state index contributed by atoms with van der Waals surface area (Å²) in [6.07, 6.45) is 3.69. The summed E-state index contributed by atoms with van der Waals surface area (Å²) < 4.78 is 1.74. The van der Waals surface area contributed by atoms with Gasteiger partial charge in [0, 0.05) is 26.1 Å². The lowest BCUT2D eigenvalue weighted by Crippen LogP contribution is -2.23. The van der Waals surface area contributed by atoms with Crippen LogP contribution in [-0.2, 0) is 13.5 Å². The van der Waals surface area contributed by atoms with Gasteiger partial charge in [-0.3, -0.25) is 4.68 Å². The second kappa shape index (κ2) is 6.48. The van der Waals surface area contributed by atoms with Gasteiger partial charge in [0.25, 0.3) is 0 Å². The number of benzene rings is 1. The number of aryl methyl sites for hydroxylation is 2. The zero-order valence-electron chi connectivity index (χ0n) is 11.9. The van der Waals surface area contributed by atoms with Gasteiger partial charge in [0.15, 0.2) is 5.82 Å². The minimum atomic E-state index is 0.407. The molecule has 1 aromatic carbocycles.